The number of nitrogens with zero attached hydrogens (tertiary/aromatic N) is 1. The lowest BCUT2D eigenvalue weighted by Crippen LogP contribution is -2.49. The second-order valence-corrected chi connectivity index (χ2v) is 2.80. The first-order chi connectivity index (χ1) is 5.30. The minimum absolute atomic E-state index is 0.231. The molecule has 0 aromatic heterocycles. The number of amides is 1. The van der Waals surface area contributed by atoms with Crippen LogP contribution in [-0.2, 0) is 4.79 Å². The maximum Gasteiger partial charge on any atom is 0.252 e. The van der Waals surface area contributed by atoms with E-state index in [-0.39, 0.29) is 12.1 Å². The van der Waals surface area contributed by atoms with Gasteiger partial charge in [-0.25, -0.2) is 0 Å². The topological polar surface area (TPSA) is 60.8 Å². The van der Waals surface area contributed by atoms with Gasteiger partial charge in [0.2, 0.25) is 5.91 Å². The summed E-state index contributed by atoms with van der Waals surface area (Å²) in [5.74, 6) is -2.56. The van der Waals surface area contributed by atoms with Crippen molar-refractivity contribution in [2.45, 2.75) is 26.7 Å². The molecule has 0 aromatic rings. The van der Waals surface area contributed by atoms with Crippen molar-refractivity contribution < 1.29 is 15.0 Å². The lowest BCUT2D eigenvalue weighted by Gasteiger charge is -2.31. The van der Waals surface area contributed by atoms with E-state index in [1.165, 1.54) is 6.92 Å². The molecule has 0 saturated carbocycles. The summed E-state index contributed by atoms with van der Waals surface area (Å²) >= 11 is 0. The third kappa shape index (κ3) is 2.64. The zero-order valence-corrected chi connectivity index (χ0v) is 7.66. The monoisotopic (exact) mass is 173 g/mol. The molecule has 4 nitrogen and oxygen atoms in total. The summed E-state index contributed by atoms with van der Waals surface area (Å²) in [6, 6.07) is 0. The van der Waals surface area contributed by atoms with Crippen LogP contribution in [0.1, 0.15) is 20.8 Å². The summed E-state index contributed by atoms with van der Waals surface area (Å²) in [7, 11) is 0. The van der Waals surface area contributed by atoms with Gasteiger partial charge in [-0.2, -0.15) is 0 Å². The summed E-state index contributed by atoms with van der Waals surface area (Å²) in [5.41, 5.74) is 0.283. The summed E-state index contributed by atoms with van der Waals surface area (Å²) in [5, 5.41) is 18.2. The molecular formula is C8H15NO3. The van der Waals surface area contributed by atoms with Crippen molar-refractivity contribution in [3.05, 3.63) is 12.2 Å². The van der Waals surface area contributed by atoms with Crippen LogP contribution in [0.2, 0.25) is 0 Å². The average molecular weight is 173 g/mol. The van der Waals surface area contributed by atoms with Gasteiger partial charge < -0.3 is 10.2 Å². The molecule has 0 radical (unpaired) electrons. The van der Waals surface area contributed by atoms with Gasteiger partial charge in [0, 0.05) is 19.0 Å². The second-order valence-electron chi connectivity index (χ2n) is 2.80. The van der Waals surface area contributed by atoms with E-state index >= 15 is 0 Å². The molecule has 4 heteroatoms. The summed E-state index contributed by atoms with van der Waals surface area (Å²) in [6.07, 6.45) is 0. The van der Waals surface area contributed by atoms with Crippen molar-refractivity contribution in [2.24, 2.45) is 0 Å². The Morgan fingerprint density at radius 1 is 1.58 bits per heavy atom. The Labute approximate surface area is 72.1 Å². The lowest BCUT2D eigenvalue weighted by atomic mass is 10.3. The second kappa shape index (κ2) is 3.69. The normalized spacial score (nSPS) is 11.1. The van der Waals surface area contributed by atoms with E-state index in [2.05, 4.69) is 6.58 Å². The van der Waals surface area contributed by atoms with Gasteiger partial charge in [-0.15, -0.1) is 0 Å². The van der Waals surface area contributed by atoms with Crippen molar-refractivity contribution in [3.8, 4) is 0 Å². The number of carbonyl (C=O) groups is 1. The van der Waals surface area contributed by atoms with Crippen LogP contribution >= 0.6 is 0 Å². The Hall–Kier alpha value is -0.870. The lowest BCUT2D eigenvalue weighted by molar-refractivity contribution is -0.242. The molecule has 0 bridgehead atoms. The number of rotatable bonds is 3. The molecule has 1 amide bonds. The van der Waals surface area contributed by atoms with Gasteiger partial charge in [0.25, 0.3) is 5.91 Å². The summed E-state index contributed by atoms with van der Waals surface area (Å²) < 4.78 is 0. The molecule has 0 saturated heterocycles. The summed E-state index contributed by atoms with van der Waals surface area (Å²) in [4.78, 5) is 12.2. The maximum atomic E-state index is 11.2. The summed E-state index contributed by atoms with van der Waals surface area (Å²) in [6.45, 7) is 7.97. The van der Waals surface area contributed by atoms with Crippen molar-refractivity contribution in [2.75, 3.05) is 6.54 Å². The largest absolute Gasteiger partial charge is 0.349 e. The zero-order valence-electron chi connectivity index (χ0n) is 7.66. The number of carbonyl (C=O) groups excluding carboxylic acids is 1. The molecule has 0 unspecified atom stereocenters. The molecule has 0 aromatic carbocycles. The molecule has 70 valence electrons. The fourth-order valence-electron chi connectivity index (χ4n) is 0.866. The molecule has 0 rings (SSSR count). The fraction of sp³-hybridized carbons (Fsp3) is 0.625. The molecule has 0 heterocycles. The quantitative estimate of drug-likeness (QED) is 0.469. The van der Waals surface area contributed by atoms with E-state index in [0.29, 0.717) is 0 Å². The van der Waals surface area contributed by atoms with Gasteiger partial charge in [0.05, 0.1) is 0 Å². The van der Waals surface area contributed by atoms with Crippen LogP contribution in [0.4, 0.5) is 0 Å². The van der Waals surface area contributed by atoms with E-state index in [4.69, 9.17) is 10.2 Å². The Kier molecular flexibility index (Phi) is 3.42. The third-order valence-electron chi connectivity index (χ3n) is 1.44. The number of likely N-dealkylation sites (N-methyl/N-ethyl adjacent to an activating group) is 1. The van der Waals surface area contributed by atoms with Crippen molar-refractivity contribution in [3.63, 3.8) is 0 Å². The van der Waals surface area contributed by atoms with Crippen LogP contribution in [0.25, 0.3) is 0 Å². The minimum atomic E-state index is -2.11. The first-order valence-electron chi connectivity index (χ1n) is 3.73. The molecule has 0 atom stereocenters. The highest BCUT2D eigenvalue weighted by atomic mass is 16.5. The Balaban J connectivity index is 4.58. The van der Waals surface area contributed by atoms with Crippen LogP contribution in [-0.4, -0.2) is 33.5 Å². The van der Waals surface area contributed by atoms with Crippen LogP contribution in [0.3, 0.4) is 0 Å². The molecule has 0 spiro atoms. The Bertz CT molecular complexity index is 193. The van der Waals surface area contributed by atoms with Gasteiger partial charge >= 0.3 is 0 Å². The number of hydrogen-bond acceptors (Lipinski definition) is 3. The Morgan fingerprint density at radius 2 is 2.00 bits per heavy atom. The van der Waals surface area contributed by atoms with Crippen molar-refractivity contribution in [1.82, 2.24) is 4.90 Å². The molecular weight excluding hydrogens is 158 g/mol. The number of hydrogen-bond donors (Lipinski definition) is 2. The molecule has 12 heavy (non-hydrogen) atoms. The highest BCUT2D eigenvalue weighted by molar-refractivity contribution is 5.92. The van der Waals surface area contributed by atoms with E-state index in [1.54, 1.807) is 6.92 Å². The standard InChI is InChI=1S/C8H15NO3/c1-5-9(8(4,11)12)7(10)6(2)3/h11-12H,2,5H2,1,3-4H3. The third-order valence-corrected chi connectivity index (χ3v) is 1.44. The average Bonchev–Trinajstić information content (AvgIpc) is 1.85. The predicted octanol–water partition coefficient (Wildman–Crippen LogP) is 0.0693. The van der Waals surface area contributed by atoms with Crippen molar-refractivity contribution in [1.29, 1.82) is 0 Å². The van der Waals surface area contributed by atoms with Gasteiger partial charge in [0.15, 0.2) is 0 Å². The van der Waals surface area contributed by atoms with E-state index in [9.17, 15) is 4.79 Å². The molecule has 0 aliphatic carbocycles. The van der Waals surface area contributed by atoms with Crippen LogP contribution in [0.5, 0.6) is 0 Å². The van der Waals surface area contributed by atoms with Gasteiger partial charge in [-0.05, 0) is 13.8 Å². The van der Waals surface area contributed by atoms with E-state index in [0.717, 1.165) is 11.8 Å². The van der Waals surface area contributed by atoms with E-state index < -0.39 is 11.8 Å². The molecule has 0 fully saturated rings. The van der Waals surface area contributed by atoms with Crippen LogP contribution < -0.4 is 0 Å². The number of aliphatic hydroxyl groups is 2. The SMILES string of the molecule is C=C(C)C(=O)N(CC)C(C)(O)O. The molecule has 2 N–H and O–H groups in total. The van der Waals surface area contributed by atoms with Crippen molar-refractivity contribution >= 4 is 5.91 Å². The van der Waals surface area contributed by atoms with Crippen LogP contribution in [0, 0.1) is 0 Å². The van der Waals surface area contributed by atoms with Crippen LogP contribution in [0.15, 0.2) is 12.2 Å². The zero-order chi connectivity index (χ0) is 9.94. The fourth-order valence-corrected chi connectivity index (χ4v) is 0.866. The highest BCUT2D eigenvalue weighted by Crippen LogP contribution is 2.10. The minimum Gasteiger partial charge on any atom is -0.349 e. The van der Waals surface area contributed by atoms with Gasteiger partial charge in [0.1, 0.15) is 0 Å². The predicted molar refractivity (Wildman–Crippen MR) is 45.0 cm³/mol. The first-order valence-corrected chi connectivity index (χ1v) is 3.73. The molecule has 0 aliphatic rings. The molecule has 0 aliphatic heterocycles. The Morgan fingerprint density at radius 3 is 2.08 bits per heavy atom. The highest BCUT2D eigenvalue weighted by Gasteiger charge is 2.29. The maximum absolute atomic E-state index is 11.2. The van der Waals surface area contributed by atoms with Gasteiger partial charge in [-0.3, -0.25) is 9.69 Å². The smallest absolute Gasteiger partial charge is 0.252 e. The van der Waals surface area contributed by atoms with E-state index in [1.807, 2.05) is 0 Å². The van der Waals surface area contributed by atoms with Gasteiger partial charge in [-0.1, -0.05) is 6.58 Å². The first kappa shape index (κ1) is 11.1.